The fraction of sp³-hybridized carbons (Fsp3) is 0.0714. The number of aryl methyl sites for hydroxylation is 1. The first-order chi connectivity index (χ1) is 9.81. The van der Waals surface area contributed by atoms with Gasteiger partial charge in [-0.15, -0.1) is 0 Å². The van der Waals surface area contributed by atoms with Gasteiger partial charge in [0.25, 0.3) is 10.0 Å². The predicted molar refractivity (Wildman–Crippen MR) is 80.4 cm³/mol. The van der Waals surface area contributed by atoms with Crippen LogP contribution in [0.3, 0.4) is 0 Å². The van der Waals surface area contributed by atoms with Crippen LogP contribution >= 0.6 is 11.6 Å². The van der Waals surface area contributed by atoms with Gasteiger partial charge in [0.05, 0.1) is 16.3 Å². The smallest absolute Gasteiger partial charge is 0.335 e. The number of rotatable bonds is 4. The summed E-state index contributed by atoms with van der Waals surface area (Å²) in [6.07, 6.45) is 0. The molecule has 0 bridgehead atoms. The number of anilines is 1. The zero-order valence-corrected chi connectivity index (χ0v) is 12.6. The Kier molecular flexibility index (Phi) is 4.20. The van der Waals surface area contributed by atoms with E-state index in [2.05, 4.69) is 4.72 Å². The van der Waals surface area contributed by atoms with Crippen molar-refractivity contribution in [2.24, 2.45) is 0 Å². The van der Waals surface area contributed by atoms with Crippen molar-refractivity contribution in [2.75, 3.05) is 4.72 Å². The largest absolute Gasteiger partial charge is 0.478 e. The molecule has 2 aromatic carbocycles. The summed E-state index contributed by atoms with van der Waals surface area (Å²) in [6.45, 7) is 1.62. The molecule has 0 unspecified atom stereocenters. The van der Waals surface area contributed by atoms with Gasteiger partial charge in [-0.2, -0.15) is 0 Å². The number of sulfonamides is 1. The van der Waals surface area contributed by atoms with Gasteiger partial charge in [-0.1, -0.05) is 23.7 Å². The molecule has 2 N–H and O–H groups in total. The van der Waals surface area contributed by atoms with E-state index in [-0.39, 0.29) is 15.5 Å². The van der Waals surface area contributed by atoms with E-state index in [0.717, 1.165) is 0 Å². The third-order valence-electron chi connectivity index (χ3n) is 2.84. The molecule has 0 saturated heterocycles. The van der Waals surface area contributed by atoms with E-state index in [1.807, 2.05) is 0 Å². The standard InChI is InChI=1S/C14H12ClNO4S/c1-9-8-10(14(17)18)6-7-12(9)16-21(19,20)13-5-3-2-4-11(13)15/h2-8,16H,1H3,(H,17,18). The lowest BCUT2D eigenvalue weighted by atomic mass is 10.1. The van der Waals surface area contributed by atoms with Gasteiger partial charge in [-0.25, -0.2) is 13.2 Å². The molecule has 0 atom stereocenters. The molecule has 2 rings (SSSR count). The minimum atomic E-state index is -3.83. The van der Waals surface area contributed by atoms with Gasteiger partial charge >= 0.3 is 5.97 Å². The lowest BCUT2D eigenvalue weighted by molar-refractivity contribution is 0.0697. The maximum Gasteiger partial charge on any atom is 0.335 e. The van der Waals surface area contributed by atoms with Crippen LogP contribution in [0.4, 0.5) is 5.69 Å². The van der Waals surface area contributed by atoms with E-state index < -0.39 is 16.0 Å². The van der Waals surface area contributed by atoms with E-state index in [4.69, 9.17) is 16.7 Å². The second-order valence-corrected chi connectivity index (χ2v) is 6.43. The minimum absolute atomic E-state index is 0.0339. The van der Waals surface area contributed by atoms with Crippen molar-refractivity contribution in [2.45, 2.75) is 11.8 Å². The van der Waals surface area contributed by atoms with Crippen LogP contribution in [-0.2, 0) is 10.0 Å². The molecule has 0 aliphatic rings. The number of hydrogen-bond donors (Lipinski definition) is 2. The molecule has 0 aliphatic carbocycles. The summed E-state index contributed by atoms with van der Waals surface area (Å²) < 4.78 is 27.0. The van der Waals surface area contributed by atoms with Crippen LogP contribution in [0.5, 0.6) is 0 Å². The molecule has 2 aromatic rings. The van der Waals surface area contributed by atoms with E-state index in [9.17, 15) is 13.2 Å². The molecule has 0 aromatic heterocycles. The number of nitrogens with one attached hydrogen (secondary N) is 1. The summed E-state index contributed by atoms with van der Waals surface area (Å²) in [5, 5.41) is 9.01. The van der Waals surface area contributed by atoms with E-state index in [1.165, 1.54) is 30.3 Å². The molecule has 21 heavy (non-hydrogen) atoms. The summed E-state index contributed by atoms with van der Waals surface area (Å²) in [5.74, 6) is -1.07. The topological polar surface area (TPSA) is 83.5 Å². The lowest BCUT2D eigenvalue weighted by Crippen LogP contribution is -2.14. The van der Waals surface area contributed by atoms with Crippen molar-refractivity contribution in [3.63, 3.8) is 0 Å². The Balaban J connectivity index is 2.38. The van der Waals surface area contributed by atoms with Crippen LogP contribution in [0, 0.1) is 6.92 Å². The maximum atomic E-state index is 12.3. The average molecular weight is 326 g/mol. The summed E-state index contributed by atoms with van der Waals surface area (Å²) in [7, 11) is -3.83. The average Bonchev–Trinajstić information content (AvgIpc) is 2.41. The quantitative estimate of drug-likeness (QED) is 0.904. The molecular weight excluding hydrogens is 314 g/mol. The molecule has 0 amide bonds. The van der Waals surface area contributed by atoms with Crippen molar-refractivity contribution in [1.29, 1.82) is 0 Å². The Morgan fingerprint density at radius 2 is 1.86 bits per heavy atom. The number of carbonyl (C=O) groups is 1. The van der Waals surface area contributed by atoms with Crippen LogP contribution in [0.2, 0.25) is 5.02 Å². The van der Waals surface area contributed by atoms with Gasteiger partial charge in [0, 0.05) is 0 Å². The molecule has 0 saturated carbocycles. The monoisotopic (exact) mass is 325 g/mol. The third kappa shape index (κ3) is 3.34. The second-order valence-electron chi connectivity index (χ2n) is 4.37. The summed E-state index contributed by atoms with van der Waals surface area (Å²) in [5.41, 5.74) is 0.902. The Morgan fingerprint density at radius 3 is 2.43 bits per heavy atom. The molecule has 110 valence electrons. The van der Waals surface area contributed by atoms with Gasteiger partial charge in [0.15, 0.2) is 0 Å². The Labute approximate surface area is 127 Å². The molecule has 0 heterocycles. The highest BCUT2D eigenvalue weighted by atomic mass is 35.5. The van der Waals surface area contributed by atoms with Gasteiger partial charge < -0.3 is 5.11 Å². The van der Waals surface area contributed by atoms with Gasteiger partial charge in [-0.05, 0) is 42.8 Å². The molecular formula is C14H12ClNO4S. The minimum Gasteiger partial charge on any atom is -0.478 e. The number of halogens is 1. The normalized spacial score (nSPS) is 11.1. The Morgan fingerprint density at radius 1 is 1.19 bits per heavy atom. The van der Waals surface area contributed by atoms with Crippen LogP contribution in [-0.4, -0.2) is 19.5 Å². The lowest BCUT2D eigenvalue weighted by Gasteiger charge is -2.12. The molecule has 0 fully saturated rings. The maximum absolute atomic E-state index is 12.3. The van der Waals surface area contributed by atoms with Crippen LogP contribution in [0.1, 0.15) is 15.9 Å². The van der Waals surface area contributed by atoms with Gasteiger partial charge in [-0.3, -0.25) is 4.72 Å². The number of carboxylic acids is 1. The number of carboxylic acid groups (broad SMARTS) is 1. The Bertz CT molecular complexity index is 802. The second kappa shape index (κ2) is 5.75. The number of benzene rings is 2. The molecule has 0 aliphatic heterocycles. The van der Waals surface area contributed by atoms with Crippen molar-refractivity contribution >= 4 is 33.3 Å². The zero-order chi connectivity index (χ0) is 15.6. The summed E-state index contributed by atoms with van der Waals surface area (Å²) >= 11 is 5.88. The van der Waals surface area contributed by atoms with Gasteiger partial charge in [0.1, 0.15) is 4.90 Å². The fourth-order valence-corrected chi connectivity index (χ4v) is 3.43. The van der Waals surface area contributed by atoms with Gasteiger partial charge in [0.2, 0.25) is 0 Å². The predicted octanol–water partition coefficient (Wildman–Crippen LogP) is 3.15. The van der Waals surface area contributed by atoms with Crippen LogP contribution in [0.15, 0.2) is 47.4 Å². The number of aromatic carboxylic acids is 1. The van der Waals surface area contributed by atoms with Crippen molar-refractivity contribution in [3.8, 4) is 0 Å². The molecule has 0 radical (unpaired) electrons. The van der Waals surface area contributed by atoms with Crippen molar-refractivity contribution < 1.29 is 18.3 Å². The van der Waals surface area contributed by atoms with Crippen LogP contribution < -0.4 is 4.72 Å². The highest BCUT2D eigenvalue weighted by Gasteiger charge is 2.18. The Hall–Kier alpha value is -2.05. The van der Waals surface area contributed by atoms with E-state index in [0.29, 0.717) is 11.3 Å². The SMILES string of the molecule is Cc1cc(C(=O)O)ccc1NS(=O)(=O)c1ccccc1Cl. The molecule has 7 heteroatoms. The summed E-state index contributed by atoms with van der Waals surface area (Å²) in [6, 6.07) is 10.2. The fourth-order valence-electron chi connectivity index (χ4n) is 1.77. The van der Waals surface area contributed by atoms with Crippen molar-refractivity contribution in [3.05, 3.63) is 58.6 Å². The number of hydrogen-bond acceptors (Lipinski definition) is 3. The van der Waals surface area contributed by atoms with E-state index >= 15 is 0 Å². The summed E-state index contributed by atoms with van der Waals surface area (Å²) in [4.78, 5) is 10.8. The zero-order valence-electron chi connectivity index (χ0n) is 11.0. The highest BCUT2D eigenvalue weighted by Crippen LogP contribution is 2.25. The van der Waals surface area contributed by atoms with Crippen LogP contribution in [0.25, 0.3) is 0 Å². The molecule has 0 spiro atoms. The first-order valence-corrected chi connectivity index (χ1v) is 7.78. The van der Waals surface area contributed by atoms with E-state index in [1.54, 1.807) is 19.1 Å². The van der Waals surface area contributed by atoms with Crippen molar-refractivity contribution in [1.82, 2.24) is 0 Å². The first kappa shape index (κ1) is 15.3. The first-order valence-electron chi connectivity index (χ1n) is 5.92. The highest BCUT2D eigenvalue weighted by molar-refractivity contribution is 7.92. The third-order valence-corrected chi connectivity index (χ3v) is 4.71. The molecule has 5 nitrogen and oxygen atoms in total.